The lowest BCUT2D eigenvalue weighted by molar-refractivity contribution is 0.281. The van der Waals surface area contributed by atoms with Crippen molar-refractivity contribution in [2.45, 2.75) is 50.5 Å². The Morgan fingerprint density at radius 1 is 1.30 bits per heavy atom. The summed E-state index contributed by atoms with van der Waals surface area (Å²) in [5.41, 5.74) is 1.32. The summed E-state index contributed by atoms with van der Waals surface area (Å²) in [7, 11) is -3.48. The van der Waals surface area contributed by atoms with Crippen LogP contribution in [0.1, 0.15) is 43.2 Å². The minimum atomic E-state index is -3.48. The first-order chi connectivity index (χ1) is 9.53. The van der Waals surface area contributed by atoms with Gasteiger partial charge in [0.15, 0.2) is 0 Å². The van der Waals surface area contributed by atoms with E-state index in [1.54, 1.807) is 25.1 Å². The Kier molecular flexibility index (Phi) is 5.18. The number of sulfonamides is 1. The minimum absolute atomic E-state index is 0.148. The normalized spacial score (nSPS) is 16.7. The molecule has 0 aromatic heterocycles. The quantitative estimate of drug-likeness (QED) is 0.847. The van der Waals surface area contributed by atoms with Crippen LogP contribution >= 0.6 is 0 Å². The number of nitrogens with one attached hydrogen (secondary N) is 1. The monoisotopic (exact) mass is 297 g/mol. The summed E-state index contributed by atoms with van der Waals surface area (Å²) < 4.78 is 27.3. The first-order valence-electron chi connectivity index (χ1n) is 7.23. The largest absolute Gasteiger partial charge is 0.392 e. The molecule has 2 N–H and O–H groups in total. The van der Waals surface area contributed by atoms with Gasteiger partial charge in [0, 0.05) is 6.54 Å². The van der Waals surface area contributed by atoms with Gasteiger partial charge in [-0.2, -0.15) is 0 Å². The SMILES string of the molecule is Cc1ccc(CO)cc1S(=O)(=O)NCCC1CCCC1. The minimum Gasteiger partial charge on any atom is -0.392 e. The van der Waals surface area contributed by atoms with Gasteiger partial charge >= 0.3 is 0 Å². The lowest BCUT2D eigenvalue weighted by Crippen LogP contribution is -2.26. The Balaban J connectivity index is 2.01. The molecule has 0 unspecified atom stereocenters. The van der Waals surface area contributed by atoms with Crippen molar-refractivity contribution in [3.8, 4) is 0 Å². The molecular formula is C15H23NO3S. The molecule has 4 nitrogen and oxygen atoms in total. The molecule has 1 fully saturated rings. The summed E-state index contributed by atoms with van der Waals surface area (Å²) in [5, 5.41) is 9.12. The Bertz CT molecular complexity index is 548. The van der Waals surface area contributed by atoms with Gasteiger partial charge in [0.25, 0.3) is 0 Å². The van der Waals surface area contributed by atoms with Gasteiger partial charge in [0.05, 0.1) is 11.5 Å². The molecule has 0 bridgehead atoms. The summed E-state index contributed by atoms with van der Waals surface area (Å²) in [6.07, 6.45) is 5.91. The molecule has 5 heteroatoms. The maximum absolute atomic E-state index is 12.3. The van der Waals surface area contributed by atoms with Gasteiger partial charge in [-0.05, 0) is 36.5 Å². The van der Waals surface area contributed by atoms with E-state index >= 15 is 0 Å². The maximum atomic E-state index is 12.3. The van der Waals surface area contributed by atoms with Crippen molar-refractivity contribution in [2.75, 3.05) is 6.54 Å². The fourth-order valence-electron chi connectivity index (χ4n) is 2.81. The number of hydrogen-bond acceptors (Lipinski definition) is 3. The van der Waals surface area contributed by atoms with Crippen LogP contribution in [0.3, 0.4) is 0 Å². The highest BCUT2D eigenvalue weighted by Gasteiger charge is 2.19. The molecule has 0 radical (unpaired) electrons. The lowest BCUT2D eigenvalue weighted by Gasteiger charge is -2.12. The van der Waals surface area contributed by atoms with Crippen molar-refractivity contribution < 1.29 is 13.5 Å². The van der Waals surface area contributed by atoms with Crippen molar-refractivity contribution in [3.05, 3.63) is 29.3 Å². The fourth-order valence-corrected chi connectivity index (χ4v) is 4.15. The molecule has 1 aromatic rings. The molecule has 0 amide bonds. The van der Waals surface area contributed by atoms with Crippen LogP contribution in [0.2, 0.25) is 0 Å². The zero-order chi connectivity index (χ0) is 14.6. The summed E-state index contributed by atoms with van der Waals surface area (Å²) in [6, 6.07) is 5.03. The van der Waals surface area contributed by atoms with E-state index in [2.05, 4.69) is 4.72 Å². The number of aryl methyl sites for hydroxylation is 1. The average Bonchev–Trinajstić information content (AvgIpc) is 2.92. The topological polar surface area (TPSA) is 66.4 Å². The highest BCUT2D eigenvalue weighted by Crippen LogP contribution is 2.27. The first-order valence-corrected chi connectivity index (χ1v) is 8.71. The van der Waals surface area contributed by atoms with Gasteiger partial charge in [-0.15, -0.1) is 0 Å². The highest BCUT2D eigenvalue weighted by molar-refractivity contribution is 7.89. The smallest absolute Gasteiger partial charge is 0.240 e. The Labute approximate surface area is 121 Å². The van der Waals surface area contributed by atoms with Crippen LogP contribution in [0.4, 0.5) is 0 Å². The fraction of sp³-hybridized carbons (Fsp3) is 0.600. The van der Waals surface area contributed by atoms with Crippen LogP contribution in [-0.4, -0.2) is 20.1 Å². The van der Waals surface area contributed by atoms with Gasteiger partial charge in [0.1, 0.15) is 0 Å². The molecule has 1 aliphatic carbocycles. The average molecular weight is 297 g/mol. The molecule has 0 saturated heterocycles. The third-order valence-corrected chi connectivity index (χ3v) is 5.65. The number of rotatable bonds is 6. The molecule has 0 spiro atoms. The van der Waals surface area contributed by atoms with Gasteiger partial charge < -0.3 is 5.11 Å². The van der Waals surface area contributed by atoms with Gasteiger partial charge in [-0.25, -0.2) is 13.1 Å². The molecule has 0 atom stereocenters. The van der Waals surface area contributed by atoms with Crippen LogP contribution in [0.5, 0.6) is 0 Å². The number of benzene rings is 1. The molecule has 2 rings (SSSR count). The van der Waals surface area contributed by atoms with Crippen molar-refractivity contribution in [1.82, 2.24) is 4.72 Å². The summed E-state index contributed by atoms with van der Waals surface area (Å²) in [6.45, 7) is 2.12. The Morgan fingerprint density at radius 2 is 2.00 bits per heavy atom. The van der Waals surface area contributed by atoms with E-state index in [1.807, 2.05) is 0 Å². The molecule has 112 valence electrons. The molecule has 1 saturated carbocycles. The zero-order valence-electron chi connectivity index (χ0n) is 11.9. The van der Waals surface area contributed by atoms with Crippen LogP contribution in [0, 0.1) is 12.8 Å². The van der Waals surface area contributed by atoms with Crippen molar-refractivity contribution in [1.29, 1.82) is 0 Å². The molecule has 0 aliphatic heterocycles. The Hall–Kier alpha value is -0.910. The van der Waals surface area contributed by atoms with E-state index in [4.69, 9.17) is 5.11 Å². The third kappa shape index (κ3) is 3.81. The first kappa shape index (κ1) is 15.5. The van der Waals surface area contributed by atoms with E-state index in [9.17, 15) is 8.42 Å². The van der Waals surface area contributed by atoms with E-state index in [0.29, 0.717) is 23.6 Å². The molecule has 0 heterocycles. The second kappa shape index (κ2) is 6.70. The second-order valence-corrected chi connectivity index (χ2v) is 7.33. The maximum Gasteiger partial charge on any atom is 0.240 e. The van der Waals surface area contributed by atoms with E-state index in [1.165, 1.54) is 25.7 Å². The predicted octanol–water partition coefficient (Wildman–Crippen LogP) is 2.35. The molecule has 1 aromatic carbocycles. The lowest BCUT2D eigenvalue weighted by atomic mass is 10.1. The van der Waals surface area contributed by atoms with E-state index < -0.39 is 10.0 Å². The summed E-state index contributed by atoms with van der Waals surface area (Å²) in [4.78, 5) is 0.274. The van der Waals surface area contributed by atoms with Gasteiger partial charge in [-0.3, -0.25) is 0 Å². The number of hydrogen-bond donors (Lipinski definition) is 2. The zero-order valence-corrected chi connectivity index (χ0v) is 12.7. The highest BCUT2D eigenvalue weighted by atomic mass is 32.2. The third-order valence-electron chi connectivity index (χ3n) is 4.04. The van der Waals surface area contributed by atoms with Crippen molar-refractivity contribution in [2.24, 2.45) is 5.92 Å². The molecular weight excluding hydrogens is 274 g/mol. The second-order valence-electron chi connectivity index (χ2n) is 5.59. The van der Waals surface area contributed by atoms with E-state index in [-0.39, 0.29) is 11.5 Å². The Morgan fingerprint density at radius 3 is 2.65 bits per heavy atom. The van der Waals surface area contributed by atoms with Crippen LogP contribution in [0.15, 0.2) is 23.1 Å². The van der Waals surface area contributed by atoms with Crippen LogP contribution in [-0.2, 0) is 16.6 Å². The van der Waals surface area contributed by atoms with Gasteiger partial charge in [-0.1, -0.05) is 37.8 Å². The number of aliphatic hydroxyl groups is 1. The summed E-state index contributed by atoms with van der Waals surface area (Å²) in [5.74, 6) is 0.669. The van der Waals surface area contributed by atoms with Gasteiger partial charge in [0.2, 0.25) is 10.0 Å². The molecule has 1 aliphatic rings. The van der Waals surface area contributed by atoms with Crippen LogP contribution < -0.4 is 4.72 Å². The van der Waals surface area contributed by atoms with E-state index in [0.717, 1.165) is 6.42 Å². The molecule has 20 heavy (non-hydrogen) atoms. The summed E-state index contributed by atoms with van der Waals surface area (Å²) >= 11 is 0. The standard InChI is InChI=1S/C15H23NO3S/c1-12-6-7-14(11-17)10-15(12)20(18,19)16-9-8-13-4-2-3-5-13/h6-7,10,13,16-17H,2-5,8-9,11H2,1H3. The number of aliphatic hydroxyl groups excluding tert-OH is 1. The predicted molar refractivity (Wildman–Crippen MR) is 78.9 cm³/mol. The van der Waals surface area contributed by atoms with Crippen molar-refractivity contribution >= 4 is 10.0 Å². The van der Waals surface area contributed by atoms with Crippen molar-refractivity contribution in [3.63, 3.8) is 0 Å². The van der Waals surface area contributed by atoms with Crippen LogP contribution in [0.25, 0.3) is 0 Å².